The van der Waals surface area contributed by atoms with Gasteiger partial charge in [-0.3, -0.25) is 0 Å². The number of hydrogen-bond donors (Lipinski definition) is 1. The molecule has 0 aliphatic heterocycles. The smallest absolute Gasteiger partial charge is 0.136 e. The van der Waals surface area contributed by atoms with Crippen LogP contribution in [0.5, 0.6) is 0 Å². The van der Waals surface area contributed by atoms with Crippen LogP contribution < -0.4 is 5.32 Å². The van der Waals surface area contributed by atoms with Gasteiger partial charge in [0.05, 0.1) is 0 Å². The molecule has 102 valence electrons. The molecular weight excluding hydrogens is 277 g/mol. The number of likely N-dealkylation sites (N-methyl/N-ethyl adjacent to an activating group) is 1. The van der Waals surface area contributed by atoms with E-state index >= 15 is 0 Å². The number of nitrogens with one attached hydrogen (secondary N) is 1. The molecular formula is C15H18FNS2. The topological polar surface area (TPSA) is 12.0 Å². The zero-order valence-electron chi connectivity index (χ0n) is 10.9. The first-order chi connectivity index (χ1) is 9.29. The van der Waals surface area contributed by atoms with E-state index in [-0.39, 0.29) is 5.82 Å². The maximum Gasteiger partial charge on any atom is 0.136 e. The van der Waals surface area contributed by atoms with Crippen LogP contribution in [0.15, 0.2) is 46.7 Å². The van der Waals surface area contributed by atoms with Gasteiger partial charge in [0.25, 0.3) is 0 Å². The minimum Gasteiger partial charge on any atom is -0.313 e. The SMILES string of the molecule is CCNC(CSc1ccccc1F)Cc1cccs1. The van der Waals surface area contributed by atoms with Crippen LogP contribution in [-0.2, 0) is 6.42 Å². The highest BCUT2D eigenvalue weighted by Gasteiger charge is 2.11. The van der Waals surface area contributed by atoms with Crippen LogP contribution in [0.25, 0.3) is 0 Å². The lowest BCUT2D eigenvalue weighted by atomic mass is 10.2. The van der Waals surface area contributed by atoms with E-state index < -0.39 is 0 Å². The number of hydrogen-bond acceptors (Lipinski definition) is 3. The molecule has 0 saturated carbocycles. The quantitative estimate of drug-likeness (QED) is 0.768. The molecule has 4 heteroatoms. The van der Waals surface area contributed by atoms with E-state index in [2.05, 4.69) is 29.8 Å². The Hall–Kier alpha value is -0.840. The largest absolute Gasteiger partial charge is 0.313 e. The molecule has 0 aliphatic carbocycles. The van der Waals surface area contributed by atoms with Crippen molar-refractivity contribution in [3.8, 4) is 0 Å². The fourth-order valence-corrected chi connectivity index (χ4v) is 3.69. The first-order valence-corrected chi connectivity index (χ1v) is 8.29. The highest BCUT2D eigenvalue weighted by Crippen LogP contribution is 2.23. The molecule has 0 aliphatic rings. The van der Waals surface area contributed by atoms with Gasteiger partial charge in [0.1, 0.15) is 5.82 Å². The molecule has 1 unspecified atom stereocenters. The summed E-state index contributed by atoms with van der Waals surface area (Å²) in [6.07, 6.45) is 1.01. The molecule has 0 saturated heterocycles. The highest BCUT2D eigenvalue weighted by molar-refractivity contribution is 7.99. The van der Waals surface area contributed by atoms with Crippen molar-refractivity contribution >= 4 is 23.1 Å². The maximum absolute atomic E-state index is 13.6. The van der Waals surface area contributed by atoms with E-state index in [0.717, 1.165) is 23.6 Å². The molecule has 1 nitrogen and oxygen atoms in total. The Labute approximate surface area is 122 Å². The zero-order valence-corrected chi connectivity index (χ0v) is 12.6. The molecule has 0 spiro atoms. The highest BCUT2D eigenvalue weighted by atomic mass is 32.2. The summed E-state index contributed by atoms with van der Waals surface area (Å²) < 4.78 is 13.6. The van der Waals surface area contributed by atoms with Crippen LogP contribution >= 0.6 is 23.1 Å². The van der Waals surface area contributed by atoms with Gasteiger partial charge in [-0.05, 0) is 36.5 Å². The molecule has 19 heavy (non-hydrogen) atoms. The van der Waals surface area contributed by atoms with Crippen molar-refractivity contribution in [3.05, 3.63) is 52.5 Å². The second-order valence-electron chi connectivity index (χ2n) is 4.28. The minimum absolute atomic E-state index is 0.126. The van der Waals surface area contributed by atoms with Gasteiger partial charge in [-0.25, -0.2) is 4.39 Å². The third kappa shape index (κ3) is 4.64. The van der Waals surface area contributed by atoms with Crippen molar-refractivity contribution in [2.75, 3.05) is 12.3 Å². The summed E-state index contributed by atoms with van der Waals surface area (Å²) in [6.45, 7) is 3.04. The third-order valence-corrected chi connectivity index (χ3v) is 4.91. The molecule has 1 N–H and O–H groups in total. The predicted molar refractivity (Wildman–Crippen MR) is 82.6 cm³/mol. The van der Waals surface area contributed by atoms with E-state index in [1.54, 1.807) is 29.2 Å². The average molecular weight is 295 g/mol. The van der Waals surface area contributed by atoms with Gasteiger partial charge in [0.2, 0.25) is 0 Å². The van der Waals surface area contributed by atoms with Gasteiger partial charge in [0.15, 0.2) is 0 Å². The number of thiophene rings is 1. The lowest BCUT2D eigenvalue weighted by Gasteiger charge is -2.16. The van der Waals surface area contributed by atoms with Gasteiger partial charge in [-0.1, -0.05) is 25.1 Å². The summed E-state index contributed by atoms with van der Waals surface area (Å²) in [5.74, 6) is 0.756. The van der Waals surface area contributed by atoms with E-state index in [4.69, 9.17) is 0 Å². The van der Waals surface area contributed by atoms with Crippen LogP contribution in [0.2, 0.25) is 0 Å². The van der Waals surface area contributed by atoms with Crippen molar-refractivity contribution in [1.82, 2.24) is 5.32 Å². The average Bonchev–Trinajstić information content (AvgIpc) is 2.91. The van der Waals surface area contributed by atoms with Gasteiger partial charge in [-0.15, -0.1) is 23.1 Å². The summed E-state index contributed by atoms with van der Waals surface area (Å²) in [5.41, 5.74) is 0. The molecule has 1 aromatic heterocycles. The fraction of sp³-hybridized carbons (Fsp3) is 0.333. The Bertz CT molecular complexity index is 485. The number of rotatable bonds is 7. The molecule has 1 heterocycles. The maximum atomic E-state index is 13.6. The van der Waals surface area contributed by atoms with Crippen LogP contribution in [0.4, 0.5) is 4.39 Å². The molecule has 1 aromatic carbocycles. The Balaban J connectivity index is 1.91. The molecule has 0 bridgehead atoms. The standard InChI is InChI=1S/C15H18FNS2/c1-2-17-12(10-13-6-5-9-18-13)11-19-15-8-4-3-7-14(15)16/h3-9,12,17H,2,10-11H2,1H3. The van der Waals surface area contributed by atoms with Gasteiger partial charge < -0.3 is 5.32 Å². The van der Waals surface area contributed by atoms with Gasteiger partial charge in [0, 0.05) is 21.6 Å². The summed E-state index contributed by atoms with van der Waals surface area (Å²) in [6, 6.07) is 11.6. The first-order valence-electron chi connectivity index (χ1n) is 6.42. The number of halogens is 1. The summed E-state index contributed by atoms with van der Waals surface area (Å²) in [5, 5.41) is 5.57. The van der Waals surface area contributed by atoms with Crippen molar-refractivity contribution in [3.63, 3.8) is 0 Å². The molecule has 0 fully saturated rings. The Morgan fingerprint density at radius 3 is 2.79 bits per heavy atom. The Kier molecular flexibility index (Phi) is 5.89. The summed E-state index contributed by atoms with van der Waals surface area (Å²) >= 11 is 3.36. The van der Waals surface area contributed by atoms with Gasteiger partial charge >= 0.3 is 0 Å². The van der Waals surface area contributed by atoms with E-state index in [1.807, 2.05) is 12.1 Å². The molecule has 0 amide bonds. The predicted octanol–water partition coefficient (Wildman–Crippen LogP) is 4.20. The van der Waals surface area contributed by atoms with Crippen molar-refractivity contribution in [2.45, 2.75) is 24.3 Å². The first kappa shape index (κ1) is 14.6. The van der Waals surface area contributed by atoms with Crippen LogP contribution in [0, 0.1) is 5.82 Å². The fourth-order valence-electron chi connectivity index (χ4n) is 1.90. The van der Waals surface area contributed by atoms with Crippen LogP contribution in [0.1, 0.15) is 11.8 Å². The molecule has 1 atom stereocenters. The van der Waals surface area contributed by atoms with Crippen molar-refractivity contribution < 1.29 is 4.39 Å². The normalized spacial score (nSPS) is 12.5. The summed E-state index contributed by atoms with van der Waals surface area (Å²) in [4.78, 5) is 2.11. The van der Waals surface area contributed by atoms with E-state index in [1.165, 1.54) is 10.9 Å². The molecule has 2 aromatic rings. The Morgan fingerprint density at radius 1 is 1.26 bits per heavy atom. The van der Waals surface area contributed by atoms with Crippen LogP contribution in [0.3, 0.4) is 0 Å². The Morgan fingerprint density at radius 2 is 2.11 bits per heavy atom. The number of thioether (sulfide) groups is 1. The second kappa shape index (κ2) is 7.68. The molecule has 2 rings (SSSR count). The van der Waals surface area contributed by atoms with Crippen molar-refractivity contribution in [2.24, 2.45) is 0 Å². The lowest BCUT2D eigenvalue weighted by Crippen LogP contribution is -2.33. The lowest BCUT2D eigenvalue weighted by molar-refractivity contribution is 0.574. The monoisotopic (exact) mass is 295 g/mol. The van der Waals surface area contributed by atoms with Crippen molar-refractivity contribution in [1.29, 1.82) is 0 Å². The molecule has 0 radical (unpaired) electrons. The van der Waals surface area contributed by atoms with E-state index in [9.17, 15) is 4.39 Å². The number of benzene rings is 1. The summed E-state index contributed by atoms with van der Waals surface area (Å²) in [7, 11) is 0. The third-order valence-electron chi connectivity index (χ3n) is 2.80. The second-order valence-corrected chi connectivity index (χ2v) is 6.37. The van der Waals surface area contributed by atoms with Crippen LogP contribution in [-0.4, -0.2) is 18.3 Å². The van der Waals surface area contributed by atoms with Gasteiger partial charge in [-0.2, -0.15) is 0 Å². The zero-order chi connectivity index (χ0) is 13.5. The minimum atomic E-state index is -0.126. The van der Waals surface area contributed by atoms with E-state index in [0.29, 0.717) is 6.04 Å².